The average Bonchev–Trinajstić information content (AvgIpc) is 3.35. The van der Waals surface area contributed by atoms with E-state index in [1.54, 1.807) is 25.1 Å². The summed E-state index contributed by atoms with van der Waals surface area (Å²) in [7, 11) is 0. The second-order valence-electron chi connectivity index (χ2n) is 8.92. The van der Waals surface area contributed by atoms with E-state index in [-0.39, 0.29) is 49.0 Å². The third-order valence-electron chi connectivity index (χ3n) is 6.34. The fourth-order valence-corrected chi connectivity index (χ4v) is 4.43. The molecule has 2 aromatic carbocycles. The van der Waals surface area contributed by atoms with Gasteiger partial charge in [-0.25, -0.2) is 0 Å². The molecule has 1 aliphatic heterocycles. The first-order valence-corrected chi connectivity index (χ1v) is 12.2. The number of nitrogens with one attached hydrogen (secondary N) is 2. The van der Waals surface area contributed by atoms with Gasteiger partial charge < -0.3 is 29.6 Å². The zero-order valence-electron chi connectivity index (χ0n) is 20.6. The van der Waals surface area contributed by atoms with Crippen molar-refractivity contribution in [2.45, 2.75) is 45.5 Å². The Labute approximate surface area is 216 Å². The smallest absolute Gasteiger partial charge is 0.466 e. The van der Waals surface area contributed by atoms with E-state index in [9.17, 15) is 27.6 Å². The van der Waals surface area contributed by atoms with Crippen LogP contribution in [0.5, 0.6) is 17.2 Å². The number of ether oxygens (including phenoxy) is 4. The number of fused-ring (bicyclic) bond motifs is 1. The van der Waals surface area contributed by atoms with Crippen molar-refractivity contribution in [2.24, 2.45) is 11.8 Å². The summed E-state index contributed by atoms with van der Waals surface area (Å²) in [6, 6.07) is 8.22. The standard InChI is InChI=1S/C26H27F3N2O7/c1-2-35-25(34)17-6-4-16(5-7-17)23(32)31-20-9-8-18(38-26(27,28)29)12-19(20)24(33)30-13-15-3-10-21-22(11-15)37-14-36-21/h3,8-12,16-17H,2,4-7,13-14H2,1H3,(H,30,33)(H,31,32)/t16-,17-. The first kappa shape index (κ1) is 27.1. The van der Waals surface area contributed by atoms with Crippen molar-refractivity contribution >= 4 is 23.5 Å². The number of hydrogen-bond acceptors (Lipinski definition) is 7. The van der Waals surface area contributed by atoms with Crippen molar-refractivity contribution in [3.05, 3.63) is 47.5 Å². The maximum Gasteiger partial charge on any atom is 0.573 e. The zero-order chi connectivity index (χ0) is 27.3. The quantitative estimate of drug-likeness (QED) is 0.476. The maximum atomic E-state index is 13.0. The Morgan fingerprint density at radius 3 is 2.39 bits per heavy atom. The lowest BCUT2D eigenvalue weighted by Gasteiger charge is -2.26. The molecule has 204 valence electrons. The van der Waals surface area contributed by atoms with Crippen LogP contribution in [0.3, 0.4) is 0 Å². The molecule has 0 aromatic heterocycles. The lowest BCUT2D eigenvalue weighted by atomic mass is 9.81. The highest BCUT2D eigenvalue weighted by Crippen LogP contribution is 2.34. The molecular weight excluding hydrogens is 509 g/mol. The number of amides is 2. The van der Waals surface area contributed by atoms with Gasteiger partial charge in [-0.2, -0.15) is 0 Å². The topological polar surface area (TPSA) is 112 Å². The van der Waals surface area contributed by atoms with Crippen molar-refractivity contribution in [1.29, 1.82) is 0 Å². The van der Waals surface area contributed by atoms with Crippen LogP contribution in [-0.4, -0.2) is 37.5 Å². The van der Waals surface area contributed by atoms with E-state index in [0.29, 0.717) is 42.7 Å². The monoisotopic (exact) mass is 536 g/mol. The van der Waals surface area contributed by atoms with E-state index >= 15 is 0 Å². The molecule has 0 atom stereocenters. The minimum Gasteiger partial charge on any atom is -0.466 e. The molecule has 9 nitrogen and oxygen atoms in total. The number of benzene rings is 2. The van der Waals surface area contributed by atoms with Crippen LogP contribution in [0.25, 0.3) is 0 Å². The van der Waals surface area contributed by atoms with Crippen LogP contribution in [-0.2, 0) is 20.9 Å². The number of rotatable bonds is 8. The normalized spacial score (nSPS) is 18.4. The molecule has 1 saturated carbocycles. The first-order valence-electron chi connectivity index (χ1n) is 12.2. The highest BCUT2D eigenvalue weighted by atomic mass is 19.4. The van der Waals surface area contributed by atoms with Gasteiger partial charge in [-0.05, 0) is 68.5 Å². The lowest BCUT2D eigenvalue weighted by molar-refractivity contribution is -0.274. The molecule has 38 heavy (non-hydrogen) atoms. The fourth-order valence-electron chi connectivity index (χ4n) is 4.43. The molecule has 0 unspecified atom stereocenters. The van der Waals surface area contributed by atoms with Crippen LogP contribution < -0.4 is 24.8 Å². The predicted octanol–water partition coefficient (Wildman–Crippen LogP) is 4.55. The SMILES string of the molecule is CCOC(=O)[C@H]1CC[C@H](C(=O)Nc2ccc(OC(F)(F)F)cc2C(=O)NCc2ccc3c(c2)OCO3)CC1. The van der Waals surface area contributed by atoms with Crippen molar-refractivity contribution in [1.82, 2.24) is 5.32 Å². The summed E-state index contributed by atoms with van der Waals surface area (Å²) in [6.07, 6.45) is -3.11. The van der Waals surface area contributed by atoms with E-state index < -0.39 is 23.9 Å². The van der Waals surface area contributed by atoms with Gasteiger partial charge in [-0.1, -0.05) is 6.07 Å². The molecule has 0 spiro atoms. The molecule has 1 heterocycles. The average molecular weight is 537 g/mol. The predicted molar refractivity (Wildman–Crippen MR) is 128 cm³/mol. The molecule has 0 saturated heterocycles. The summed E-state index contributed by atoms with van der Waals surface area (Å²) in [5.41, 5.74) is 0.524. The zero-order valence-corrected chi connectivity index (χ0v) is 20.6. The summed E-state index contributed by atoms with van der Waals surface area (Å²) >= 11 is 0. The number of carbonyl (C=O) groups is 3. The molecule has 2 aromatic rings. The largest absolute Gasteiger partial charge is 0.573 e. The molecular formula is C26H27F3N2O7. The molecule has 1 fully saturated rings. The molecule has 12 heteroatoms. The molecule has 0 radical (unpaired) electrons. The summed E-state index contributed by atoms with van der Waals surface area (Å²) in [4.78, 5) is 37.9. The van der Waals surface area contributed by atoms with E-state index in [1.807, 2.05) is 0 Å². The molecule has 2 N–H and O–H groups in total. The van der Waals surface area contributed by atoms with Crippen molar-refractivity contribution < 1.29 is 46.5 Å². The van der Waals surface area contributed by atoms with Gasteiger partial charge in [-0.15, -0.1) is 13.2 Å². The number of alkyl halides is 3. The number of hydrogen-bond donors (Lipinski definition) is 2. The Kier molecular flexibility index (Phi) is 8.28. The highest BCUT2D eigenvalue weighted by molar-refractivity contribution is 6.04. The maximum absolute atomic E-state index is 13.0. The molecule has 2 aliphatic rings. The third kappa shape index (κ3) is 6.87. The van der Waals surface area contributed by atoms with Crippen LogP contribution in [0.15, 0.2) is 36.4 Å². The number of anilines is 1. The minimum absolute atomic E-state index is 0.0419. The number of esters is 1. The first-order chi connectivity index (χ1) is 18.1. The van der Waals surface area contributed by atoms with Crippen molar-refractivity contribution in [3.8, 4) is 17.2 Å². The molecule has 0 bridgehead atoms. The van der Waals surface area contributed by atoms with Crippen LogP contribution in [0.2, 0.25) is 0 Å². The third-order valence-corrected chi connectivity index (χ3v) is 6.34. The summed E-state index contributed by atoms with van der Waals surface area (Å²) in [6.45, 7) is 2.15. The Balaban J connectivity index is 1.45. The van der Waals surface area contributed by atoms with Crippen LogP contribution in [0, 0.1) is 11.8 Å². The van der Waals surface area contributed by atoms with Gasteiger partial charge in [0.05, 0.1) is 23.8 Å². The van der Waals surface area contributed by atoms with Gasteiger partial charge in [0.2, 0.25) is 12.7 Å². The van der Waals surface area contributed by atoms with E-state index in [2.05, 4.69) is 15.4 Å². The number of halogens is 3. The van der Waals surface area contributed by atoms with Gasteiger partial charge in [0.1, 0.15) is 5.75 Å². The lowest BCUT2D eigenvalue weighted by Crippen LogP contribution is -2.31. The van der Waals surface area contributed by atoms with Gasteiger partial charge >= 0.3 is 12.3 Å². The van der Waals surface area contributed by atoms with Gasteiger partial charge in [0.15, 0.2) is 11.5 Å². The van der Waals surface area contributed by atoms with E-state index in [0.717, 1.165) is 12.1 Å². The summed E-state index contributed by atoms with van der Waals surface area (Å²) in [5.74, 6) is -1.59. The minimum atomic E-state index is -4.96. The van der Waals surface area contributed by atoms with Gasteiger partial charge in [0, 0.05) is 12.5 Å². The Morgan fingerprint density at radius 1 is 0.974 bits per heavy atom. The summed E-state index contributed by atoms with van der Waals surface area (Å²) < 4.78 is 58.0. The fraction of sp³-hybridized carbons (Fsp3) is 0.423. The Bertz CT molecular complexity index is 1190. The Hall–Kier alpha value is -3.96. The van der Waals surface area contributed by atoms with Crippen LogP contribution in [0.1, 0.15) is 48.5 Å². The second-order valence-corrected chi connectivity index (χ2v) is 8.92. The van der Waals surface area contributed by atoms with Gasteiger partial charge in [-0.3, -0.25) is 14.4 Å². The molecule has 2 amide bonds. The van der Waals surface area contributed by atoms with Crippen molar-refractivity contribution in [3.63, 3.8) is 0 Å². The van der Waals surface area contributed by atoms with Crippen LogP contribution in [0.4, 0.5) is 18.9 Å². The van der Waals surface area contributed by atoms with Crippen molar-refractivity contribution in [2.75, 3.05) is 18.7 Å². The Morgan fingerprint density at radius 2 is 1.68 bits per heavy atom. The molecule has 4 rings (SSSR count). The summed E-state index contributed by atoms with van der Waals surface area (Å²) in [5, 5.41) is 5.31. The molecule has 1 aliphatic carbocycles. The second kappa shape index (κ2) is 11.6. The van der Waals surface area contributed by atoms with Crippen LogP contribution >= 0.6 is 0 Å². The highest BCUT2D eigenvalue weighted by Gasteiger charge is 2.33. The van der Waals surface area contributed by atoms with Gasteiger partial charge in [0.25, 0.3) is 5.91 Å². The number of carbonyl (C=O) groups excluding carboxylic acids is 3. The van der Waals surface area contributed by atoms with E-state index in [1.165, 1.54) is 6.07 Å². The van der Waals surface area contributed by atoms with E-state index in [4.69, 9.17) is 14.2 Å².